The monoisotopic (exact) mass is 370 g/mol. The van der Waals surface area contributed by atoms with Crippen molar-refractivity contribution >= 4 is 23.6 Å². The standard InChI is InChI=1S/C20H22N2O3S/c1-13-7-9-15(10-8-13)11-21-19(25)17-12-26-20(22(17)14(2)23)16-5-3-4-6-18(16)24/h3-10,17,20,24H,11-12H2,1-2H3,(H,21,25)/t17-,20-/m0/s1. The number of nitrogens with one attached hydrogen (secondary N) is 1. The van der Waals surface area contributed by atoms with E-state index in [0.29, 0.717) is 17.9 Å². The maximum atomic E-state index is 12.7. The van der Waals surface area contributed by atoms with E-state index < -0.39 is 6.04 Å². The third-order valence-corrected chi connectivity index (χ3v) is 5.76. The molecule has 1 fully saturated rings. The number of aromatic hydroxyl groups is 1. The van der Waals surface area contributed by atoms with E-state index >= 15 is 0 Å². The highest BCUT2D eigenvalue weighted by Gasteiger charge is 2.41. The van der Waals surface area contributed by atoms with Gasteiger partial charge in [-0.3, -0.25) is 9.59 Å². The van der Waals surface area contributed by atoms with Gasteiger partial charge >= 0.3 is 0 Å². The van der Waals surface area contributed by atoms with Gasteiger partial charge in [0.25, 0.3) is 0 Å². The number of amides is 2. The van der Waals surface area contributed by atoms with Crippen molar-refractivity contribution in [3.63, 3.8) is 0 Å². The summed E-state index contributed by atoms with van der Waals surface area (Å²) in [7, 11) is 0. The van der Waals surface area contributed by atoms with Crippen LogP contribution in [0.3, 0.4) is 0 Å². The van der Waals surface area contributed by atoms with Crippen molar-refractivity contribution in [2.75, 3.05) is 5.75 Å². The molecule has 2 amide bonds. The largest absolute Gasteiger partial charge is 0.508 e. The van der Waals surface area contributed by atoms with Gasteiger partial charge in [0, 0.05) is 24.8 Å². The van der Waals surface area contributed by atoms with Crippen molar-refractivity contribution in [3.05, 3.63) is 65.2 Å². The zero-order valence-electron chi connectivity index (χ0n) is 14.8. The third-order valence-electron chi connectivity index (χ3n) is 4.46. The molecule has 2 N–H and O–H groups in total. The van der Waals surface area contributed by atoms with E-state index in [0.717, 1.165) is 5.56 Å². The Balaban J connectivity index is 1.72. The number of benzene rings is 2. The van der Waals surface area contributed by atoms with Crippen LogP contribution in [0.25, 0.3) is 0 Å². The van der Waals surface area contributed by atoms with E-state index in [1.165, 1.54) is 24.2 Å². The average molecular weight is 370 g/mol. The lowest BCUT2D eigenvalue weighted by atomic mass is 10.1. The number of rotatable bonds is 4. The fourth-order valence-electron chi connectivity index (χ4n) is 3.04. The smallest absolute Gasteiger partial charge is 0.243 e. The first-order valence-electron chi connectivity index (χ1n) is 8.49. The maximum absolute atomic E-state index is 12.7. The first kappa shape index (κ1) is 18.3. The van der Waals surface area contributed by atoms with Gasteiger partial charge in [-0.05, 0) is 18.6 Å². The molecule has 0 bridgehead atoms. The molecular weight excluding hydrogens is 348 g/mol. The molecule has 0 saturated carbocycles. The summed E-state index contributed by atoms with van der Waals surface area (Å²) < 4.78 is 0. The highest BCUT2D eigenvalue weighted by Crippen LogP contribution is 2.44. The second-order valence-electron chi connectivity index (χ2n) is 6.39. The summed E-state index contributed by atoms with van der Waals surface area (Å²) in [6, 6.07) is 14.4. The zero-order valence-corrected chi connectivity index (χ0v) is 15.6. The lowest BCUT2D eigenvalue weighted by Crippen LogP contribution is -2.47. The number of aryl methyl sites for hydroxylation is 1. The van der Waals surface area contributed by atoms with Crippen LogP contribution in [-0.4, -0.2) is 33.6 Å². The van der Waals surface area contributed by atoms with E-state index in [1.54, 1.807) is 23.1 Å². The lowest BCUT2D eigenvalue weighted by Gasteiger charge is -2.28. The Hall–Kier alpha value is -2.47. The molecule has 136 valence electrons. The fourth-order valence-corrected chi connectivity index (χ4v) is 4.55. The lowest BCUT2D eigenvalue weighted by molar-refractivity contribution is -0.138. The van der Waals surface area contributed by atoms with Gasteiger partial charge < -0.3 is 15.3 Å². The van der Waals surface area contributed by atoms with Crippen molar-refractivity contribution < 1.29 is 14.7 Å². The second kappa shape index (κ2) is 7.83. The van der Waals surface area contributed by atoms with Crippen LogP contribution in [0, 0.1) is 6.92 Å². The SMILES string of the molecule is CC(=O)N1[C@H](C(=O)NCc2ccc(C)cc2)CS[C@H]1c1ccccc1O. The zero-order chi connectivity index (χ0) is 18.7. The molecule has 0 spiro atoms. The number of hydrogen-bond acceptors (Lipinski definition) is 4. The number of thioether (sulfide) groups is 1. The number of hydrogen-bond donors (Lipinski definition) is 2. The van der Waals surface area contributed by atoms with E-state index in [2.05, 4.69) is 5.32 Å². The molecule has 0 radical (unpaired) electrons. The Morgan fingerprint density at radius 2 is 1.88 bits per heavy atom. The van der Waals surface area contributed by atoms with Crippen LogP contribution in [-0.2, 0) is 16.1 Å². The highest BCUT2D eigenvalue weighted by atomic mass is 32.2. The Morgan fingerprint density at radius 3 is 2.54 bits per heavy atom. The number of carbonyl (C=O) groups is 2. The molecule has 2 aromatic rings. The second-order valence-corrected chi connectivity index (χ2v) is 7.50. The van der Waals surface area contributed by atoms with Gasteiger partial charge in [0.2, 0.25) is 11.8 Å². The molecule has 1 saturated heterocycles. The summed E-state index contributed by atoms with van der Waals surface area (Å²) in [6.07, 6.45) is 0. The summed E-state index contributed by atoms with van der Waals surface area (Å²) in [5.74, 6) is 0.278. The number of nitrogens with zero attached hydrogens (tertiary/aromatic N) is 1. The van der Waals surface area contributed by atoms with Crippen LogP contribution in [0.15, 0.2) is 48.5 Å². The van der Waals surface area contributed by atoms with Crippen molar-refractivity contribution in [2.45, 2.75) is 31.8 Å². The quantitative estimate of drug-likeness (QED) is 0.868. The number of phenolic OH excluding ortho intramolecular Hbond substituents is 1. The minimum atomic E-state index is -0.549. The molecule has 0 aromatic heterocycles. The summed E-state index contributed by atoms with van der Waals surface area (Å²) in [6.45, 7) is 3.90. The van der Waals surface area contributed by atoms with Crippen LogP contribution in [0.1, 0.15) is 29.0 Å². The fraction of sp³-hybridized carbons (Fsp3) is 0.300. The predicted octanol–water partition coefficient (Wildman–Crippen LogP) is 2.98. The van der Waals surface area contributed by atoms with Crippen molar-refractivity contribution in [3.8, 4) is 5.75 Å². The summed E-state index contributed by atoms with van der Waals surface area (Å²) in [4.78, 5) is 26.5. The van der Waals surface area contributed by atoms with Crippen LogP contribution in [0.4, 0.5) is 0 Å². The van der Waals surface area contributed by atoms with Gasteiger partial charge in [0.05, 0.1) is 0 Å². The molecule has 2 atom stereocenters. The Bertz CT molecular complexity index is 807. The number of phenols is 1. The summed E-state index contributed by atoms with van der Waals surface area (Å²) in [5.41, 5.74) is 2.84. The van der Waals surface area contributed by atoms with Crippen LogP contribution < -0.4 is 5.32 Å². The van der Waals surface area contributed by atoms with E-state index in [9.17, 15) is 14.7 Å². The van der Waals surface area contributed by atoms with E-state index in [4.69, 9.17) is 0 Å². The minimum Gasteiger partial charge on any atom is -0.508 e. The third kappa shape index (κ3) is 3.85. The molecule has 26 heavy (non-hydrogen) atoms. The Kier molecular flexibility index (Phi) is 5.52. The maximum Gasteiger partial charge on any atom is 0.243 e. The first-order valence-corrected chi connectivity index (χ1v) is 9.54. The topological polar surface area (TPSA) is 69.6 Å². The normalized spacial score (nSPS) is 19.4. The van der Waals surface area contributed by atoms with E-state index in [1.807, 2.05) is 37.3 Å². The molecule has 0 unspecified atom stereocenters. The van der Waals surface area contributed by atoms with Crippen LogP contribution in [0.2, 0.25) is 0 Å². The molecule has 6 heteroatoms. The van der Waals surface area contributed by atoms with Crippen molar-refractivity contribution in [1.82, 2.24) is 10.2 Å². The van der Waals surface area contributed by atoms with Gasteiger partial charge in [0.15, 0.2) is 0 Å². The minimum absolute atomic E-state index is 0.136. The van der Waals surface area contributed by atoms with Gasteiger partial charge in [-0.25, -0.2) is 0 Å². The van der Waals surface area contributed by atoms with Gasteiger partial charge in [-0.2, -0.15) is 0 Å². The molecule has 0 aliphatic carbocycles. The summed E-state index contributed by atoms with van der Waals surface area (Å²) >= 11 is 1.49. The highest BCUT2D eigenvalue weighted by molar-refractivity contribution is 7.99. The van der Waals surface area contributed by atoms with Crippen molar-refractivity contribution in [1.29, 1.82) is 0 Å². The van der Waals surface area contributed by atoms with Gasteiger partial charge in [-0.1, -0.05) is 48.0 Å². The molecule has 1 aliphatic heterocycles. The summed E-state index contributed by atoms with van der Waals surface area (Å²) in [5, 5.41) is 12.7. The van der Waals surface area contributed by atoms with Gasteiger partial charge in [0.1, 0.15) is 17.2 Å². The van der Waals surface area contributed by atoms with Crippen LogP contribution >= 0.6 is 11.8 Å². The predicted molar refractivity (Wildman–Crippen MR) is 103 cm³/mol. The number of carbonyl (C=O) groups excluding carboxylic acids is 2. The van der Waals surface area contributed by atoms with Crippen LogP contribution in [0.5, 0.6) is 5.75 Å². The Morgan fingerprint density at radius 1 is 1.19 bits per heavy atom. The molecular formula is C20H22N2O3S. The van der Waals surface area contributed by atoms with E-state index in [-0.39, 0.29) is 22.9 Å². The first-order chi connectivity index (χ1) is 12.5. The number of para-hydroxylation sites is 1. The molecule has 3 rings (SSSR count). The molecule has 1 heterocycles. The van der Waals surface area contributed by atoms with Crippen molar-refractivity contribution in [2.24, 2.45) is 0 Å². The molecule has 1 aliphatic rings. The molecule has 2 aromatic carbocycles. The average Bonchev–Trinajstić information content (AvgIpc) is 3.06. The van der Waals surface area contributed by atoms with Gasteiger partial charge in [-0.15, -0.1) is 11.8 Å². The Labute approximate surface area is 157 Å². The molecule has 5 nitrogen and oxygen atoms in total.